The van der Waals surface area contributed by atoms with Gasteiger partial charge in [0.05, 0.1) is 12.3 Å². The summed E-state index contributed by atoms with van der Waals surface area (Å²) in [6.07, 6.45) is 5.61. The largest absolute Gasteiger partial charge is 0.459 e. The Labute approximate surface area is 141 Å². The molecule has 2 atom stereocenters. The molecule has 0 radical (unpaired) electrons. The van der Waals surface area contributed by atoms with Crippen LogP contribution < -0.4 is 10.6 Å². The predicted molar refractivity (Wildman–Crippen MR) is 90.5 cm³/mol. The van der Waals surface area contributed by atoms with Gasteiger partial charge in [-0.05, 0) is 49.4 Å². The van der Waals surface area contributed by atoms with E-state index in [1.807, 2.05) is 12.1 Å². The van der Waals surface area contributed by atoms with Crippen molar-refractivity contribution < 1.29 is 14.0 Å². The molecule has 0 spiro atoms. The van der Waals surface area contributed by atoms with E-state index in [1.54, 1.807) is 19.1 Å². The highest BCUT2D eigenvalue weighted by molar-refractivity contribution is 5.95. The normalized spacial score (nSPS) is 18.1. The topological polar surface area (TPSA) is 71.3 Å². The molecule has 24 heavy (non-hydrogen) atoms. The van der Waals surface area contributed by atoms with Crippen LogP contribution in [0.3, 0.4) is 0 Å². The molecule has 2 N–H and O–H groups in total. The third-order valence-corrected chi connectivity index (χ3v) is 4.42. The van der Waals surface area contributed by atoms with E-state index in [9.17, 15) is 9.59 Å². The summed E-state index contributed by atoms with van der Waals surface area (Å²) in [4.78, 5) is 24.5. The maximum atomic E-state index is 12.5. The van der Waals surface area contributed by atoms with Crippen LogP contribution in [0.25, 0.3) is 0 Å². The van der Waals surface area contributed by atoms with E-state index in [0.717, 1.165) is 25.7 Å². The molecule has 0 fully saturated rings. The number of carbonyl (C=O) groups is 2. The molecule has 1 aromatic carbocycles. The van der Waals surface area contributed by atoms with Gasteiger partial charge in [0.15, 0.2) is 5.76 Å². The summed E-state index contributed by atoms with van der Waals surface area (Å²) < 4.78 is 5.05. The molecule has 3 rings (SSSR count). The van der Waals surface area contributed by atoms with Gasteiger partial charge in [-0.1, -0.05) is 30.7 Å². The van der Waals surface area contributed by atoms with E-state index in [4.69, 9.17) is 4.42 Å². The Hall–Kier alpha value is -2.56. The van der Waals surface area contributed by atoms with Gasteiger partial charge in [0.25, 0.3) is 5.91 Å². The average Bonchev–Trinajstić information content (AvgIpc) is 3.05. The minimum Gasteiger partial charge on any atom is -0.459 e. The zero-order chi connectivity index (χ0) is 16.9. The van der Waals surface area contributed by atoms with Crippen LogP contribution in [0.4, 0.5) is 0 Å². The number of carbonyl (C=O) groups excluding carboxylic acids is 2. The van der Waals surface area contributed by atoms with Crippen LogP contribution in [0.5, 0.6) is 0 Å². The summed E-state index contributed by atoms with van der Waals surface area (Å²) >= 11 is 0. The Kier molecular flexibility index (Phi) is 4.99. The van der Waals surface area contributed by atoms with Crippen LogP contribution in [-0.4, -0.2) is 17.9 Å². The van der Waals surface area contributed by atoms with Crippen molar-refractivity contribution in [1.82, 2.24) is 10.6 Å². The summed E-state index contributed by atoms with van der Waals surface area (Å²) in [5.41, 5.74) is 2.49. The van der Waals surface area contributed by atoms with Gasteiger partial charge in [0.2, 0.25) is 5.91 Å². The number of amides is 2. The molecule has 1 aromatic heterocycles. The van der Waals surface area contributed by atoms with Gasteiger partial charge < -0.3 is 15.1 Å². The molecule has 2 amide bonds. The number of nitrogens with one attached hydrogen (secondary N) is 2. The molecule has 5 nitrogen and oxygen atoms in total. The average molecular weight is 326 g/mol. The summed E-state index contributed by atoms with van der Waals surface area (Å²) in [7, 11) is 0. The SMILES string of the molecule is CC(NC(=O)c1ccco1)C(=O)NC1CCCCc2ccccc21. The number of furan rings is 1. The van der Waals surface area contributed by atoms with Crippen molar-refractivity contribution in [3.8, 4) is 0 Å². The number of hydrogen-bond acceptors (Lipinski definition) is 3. The molecular formula is C19H22N2O3. The Morgan fingerprint density at radius 1 is 1.17 bits per heavy atom. The third-order valence-electron chi connectivity index (χ3n) is 4.42. The second kappa shape index (κ2) is 7.34. The van der Waals surface area contributed by atoms with Gasteiger partial charge in [-0.25, -0.2) is 0 Å². The predicted octanol–water partition coefficient (Wildman–Crippen LogP) is 2.98. The molecule has 0 aliphatic heterocycles. The van der Waals surface area contributed by atoms with Crippen molar-refractivity contribution in [2.45, 2.75) is 44.7 Å². The van der Waals surface area contributed by atoms with Crippen molar-refractivity contribution in [3.05, 3.63) is 59.5 Å². The first kappa shape index (κ1) is 16.3. The first-order chi connectivity index (χ1) is 11.6. The Morgan fingerprint density at radius 2 is 2.00 bits per heavy atom. The highest BCUT2D eigenvalue weighted by Gasteiger charge is 2.24. The van der Waals surface area contributed by atoms with Crippen LogP contribution in [0, 0.1) is 0 Å². The van der Waals surface area contributed by atoms with Gasteiger partial charge in [-0.2, -0.15) is 0 Å². The zero-order valence-electron chi connectivity index (χ0n) is 13.7. The molecule has 2 unspecified atom stereocenters. The number of benzene rings is 1. The van der Waals surface area contributed by atoms with Crippen molar-refractivity contribution in [3.63, 3.8) is 0 Å². The van der Waals surface area contributed by atoms with E-state index in [-0.39, 0.29) is 23.6 Å². The Balaban J connectivity index is 1.65. The number of rotatable bonds is 4. The highest BCUT2D eigenvalue weighted by Crippen LogP contribution is 2.28. The molecule has 1 aliphatic carbocycles. The lowest BCUT2D eigenvalue weighted by Crippen LogP contribution is -2.45. The molecule has 0 saturated heterocycles. The molecule has 5 heteroatoms. The first-order valence-corrected chi connectivity index (χ1v) is 8.37. The standard InChI is InChI=1S/C19H22N2O3/c1-13(20-19(23)17-11-6-12-24-17)18(22)21-16-10-5-3-8-14-7-2-4-9-15(14)16/h2,4,6-7,9,11-13,16H,3,5,8,10H2,1H3,(H,20,23)(H,21,22). The summed E-state index contributed by atoms with van der Waals surface area (Å²) in [5, 5.41) is 5.75. The van der Waals surface area contributed by atoms with Crippen LogP contribution in [0.2, 0.25) is 0 Å². The lowest BCUT2D eigenvalue weighted by Gasteiger charge is -2.22. The smallest absolute Gasteiger partial charge is 0.287 e. The molecule has 0 saturated carbocycles. The van der Waals surface area contributed by atoms with Crippen molar-refractivity contribution in [1.29, 1.82) is 0 Å². The minimum absolute atomic E-state index is 0.000773. The number of aryl methyl sites for hydroxylation is 1. The van der Waals surface area contributed by atoms with Crippen LogP contribution >= 0.6 is 0 Å². The first-order valence-electron chi connectivity index (χ1n) is 8.37. The maximum Gasteiger partial charge on any atom is 0.287 e. The van der Waals surface area contributed by atoms with Crippen molar-refractivity contribution in [2.24, 2.45) is 0 Å². The van der Waals surface area contributed by atoms with Crippen LogP contribution in [-0.2, 0) is 11.2 Å². The van der Waals surface area contributed by atoms with Gasteiger partial charge >= 0.3 is 0 Å². The Bertz CT molecular complexity index is 709. The molecule has 1 heterocycles. The monoisotopic (exact) mass is 326 g/mol. The third kappa shape index (κ3) is 3.67. The summed E-state index contributed by atoms with van der Waals surface area (Å²) in [5.74, 6) is -0.366. The lowest BCUT2D eigenvalue weighted by molar-refractivity contribution is -0.123. The molecule has 0 bridgehead atoms. The second-order valence-corrected chi connectivity index (χ2v) is 6.18. The number of hydrogen-bond donors (Lipinski definition) is 2. The van der Waals surface area contributed by atoms with Crippen molar-refractivity contribution >= 4 is 11.8 Å². The molecule has 1 aliphatic rings. The fraction of sp³-hybridized carbons (Fsp3) is 0.368. The van der Waals surface area contributed by atoms with Gasteiger partial charge in [0, 0.05) is 0 Å². The number of fused-ring (bicyclic) bond motifs is 1. The van der Waals surface area contributed by atoms with Gasteiger partial charge in [-0.3, -0.25) is 9.59 Å². The highest BCUT2D eigenvalue weighted by atomic mass is 16.3. The van der Waals surface area contributed by atoms with Crippen molar-refractivity contribution in [2.75, 3.05) is 0 Å². The van der Waals surface area contributed by atoms with E-state index < -0.39 is 6.04 Å². The molecule has 2 aromatic rings. The lowest BCUT2D eigenvalue weighted by atomic mass is 9.99. The minimum atomic E-state index is -0.627. The zero-order valence-corrected chi connectivity index (χ0v) is 13.7. The van der Waals surface area contributed by atoms with Gasteiger partial charge in [0.1, 0.15) is 6.04 Å². The van der Waals surface area contributed by atoms with E-state index in [0.29, 0.717) is 0 Å². The van der Waals surface area contributed by atoms with Crippen LogP contribution in [0.15, 0.2) is 47.1 Å². The summed E-state index contributed by atoms with van der Waals surface area (Å²) in [6.45, 7) is 1.68. The van der Waals surface area contributed by atoms with Crippen LogP contribution in [0.1, 0.15) is 53.9 Å². The van der Waals surface area contributed by atoms with E-state index in [2.05, 4.69) is 22.8 Å². The Morgan fingerprint density at radius 3 is 2.79 bits per heavy atom. The molecular weight excluding hydrogens is 304 g/mol. The summed E-state index contributed by atoms with van der Waals surface area (Å²) in [6, 6.07) is 10.8. The molecule has 126 valence electrons. The van der Waals surface area contributed by atoms with E-state index >= 15 is 0 Å². The fourth-order valence-corrected chi connectivity index (χ4v) is 3.11. The van der Waals surface area contributed by atoms with Gasteiger partial charge in [-0.15, -0.1) is 0 Å². The fourth-order valence-electron chi connectivity index (χ4n) is 3.11. The maximum absolute atomic E-state index is 12.5. The quantitative estimate of drug-likeness (QED) is 0.849. The van der Waals surface area contributed by atoms with E-state index in [1.165, 1.54) is 17.4 Å². The second-order valence-electron chi connectivity index (χ2n) is 6.18.